The zero-order valence-electron chi connectivity index (χ0n) is 12.6. The minimum absolute atomic E-state index is 0.154. The number of carboxylic acids is 1. The third-order valence-corrected chi connectivity index (χ3v) is 4.27. The molecule has 1 aromatic heterocycles. The molecule has 6 heteroatoms. The zero-order valence-corrected chi connectivity index (χ0v) is 12.6. The van der Waals surface area contributed by atoms with Crippen LogP contribution >= 0.6 is 0 Å². The third kappa shape index (κ3) is 3.43. The van der Waals surface area contributed by atoms with E-state index in [2.05, 4.69) is 10.4 Å². The molecule has 0 aromatic carbocycles. The molecule has 1 fully saturated rings. The monoisotopic (exact) mass is 293 g/mol. The summed E-state index contributed by atoms with van der Waals surface area (Å²) >= 11 is 0. The molecule has 0 bridgehead atoms. The first-order valence-corrected chi connectivity index (χ1v) is 7.59. The Bertz CT molecular complexity index is 512. The van der Waals surface area contributed by atoms with Gasteiger partial charge in [-0.15, -0.1) is 0 Å². The van der Waals surface area contributed by atoms with Gasteiger partial charge in [-0.2, -0.15) is 5.10 Å². The van der Waals surface area contributed by atoms with Gasteiger partial charge in [0.2, 0.25) is 5.91 Å². The van der Waals surface area contributed by atoms with Crippen LogP contribution in [0.4, 0.5) is 0 Å². The van der Waals surface area contributed by atoms with Gasteiger partial charge in [-0.1, -0.05) is 12.8 Å². The number of hydrogen-bond acceptors (Lipinski definition) is 3. The minimum atomic E-state index is -0.860. The Morgan fingerprint density at radius 3 is 2.71 bits per heavy atom. The average Bonchev–Trinajstić information content (AvgIpc) is 2.95. The number of aromatic nitrogens is 2. The first-order chi connectivity index (χ1) is 10.0. The van der Waals surface area contributed by atoms with Gasteiger partial charge < -0.3 is 10.4 Å². The Morgan fingerprint density at radius 2 is 2.10 bits per heavy atom. The van der Waals surface area contributed by atoms with Crippen molar-refractivity contribution >= 4 is 11.9 Å². The molecule has 21 heavy (non-hydrogen) atoms. The van der Waals surface area contributed by atoms with Gasteiger partial charge in [0.15, 0.2) is 0 Å². The fourth-order valence-electron chi connectivity index (χ4n) is 3.11. The SMILES string of the molecule is CCn1nccc1[C@H](C)NC(=O)[C@H]1CCCC[C@H]1C(=O)O. The second-order valence-corrected chi connectivity index (χ2v) is 5.64. The summed E-state index contributed by atoms with van der Waals surface area (Å²) in [6.07, 6.45) is 4.77. The van der Waals surface area contributed by atoms with E-state index in [-0.39, 0.29) is 11.9 Å². The molecule has 1 heterocycles. The third-order valence-electron chi connectivity index (χ3n) is 4.27. The molecule has 0 spiro atoms. The highest BCUT2D eigenvalue weighted by atomic mass is 16.4. The lowest BCUT2D eigenvalue weighted by atomic mass is 9.78. The lowest BCUT2D eigenvalue weighted by Crippen LogP contribution is -2.41. The van der Waals surface area contributed by atoms with E-state index in [0.717, 1.165) is 25.1 Å². The first-order valence-electron chi connectivity index (χ1n) is 7.59. The number of aryl methyl sites for hydroxylation is 1. The van der Waals surface area contributed by atoms with Crippen LogP contribution in [0.1, 0.15) is 51.3 Å². The van der Waals surface area contributed by atoms with Crippen LogP contribution in [-0.4, -0.2) is 26.8 Å². The summed E-state index contributed by atoms with van der Waals surface area (Å²) in [5.41, 5.74) is 0.938. The van der Waals surface area contributed by atoms with Gasteiger partial charge in [0.25, 0.3) is 0 Å². The summed E-state index contributed by atoms with van der Waals surface area (Å²) < 4.78 is 1.83. The van der Waals surface area contributed by atoms with Crippen LogP contribution in [-0.2, 0) is 16.1 Å². The average molecular weight is 293 g/mol. The highest BCUT2D eigenvalue weighted by Gasteiger charge is 2.36. The van der Waals surface area contributed by atoms with Crippen molar-refractivity contribution in [2.24, 2.45) is 11.8 Å². The summed E-state index contributed by atoms with van der Waals surface area (Å²) in [6, 6.07) is 1.71. The fourth-order valence-corrected chi connectivity index (χ4v) is 3.11. The maximum absolute atomic E-state index is 12.4. The molecule has 3 atom stereocenters. The molecule has 116 valence electrons. The second kappa shape index (κ2) is 6.74. The van der Waals surface area contributed by atoms with Crippen LogP contribution in [0.15, 0.2) is 12.3 Å². The summed E-state index contributed by atoms with van der Waals surface area (Å²) in [4.78, 5) is 23.7. The molecule has 0 aliphatic heterocycles. The van der Waals surface area contributed by atoms with Crippen molar-refractivity contribution in [2.75, 3.05) is 0 Å². The molecule has 1 amide bonds. The Morgan fingerprint density at radius 1 is 1.43 bits per heavy atom. The highest BCUT2D eigenvalue weighted by molar-refractivity contribution is 5.85. The number of carboxylic acid groups (broad SMARTS) is 1. The van der Waals surface area contributed by atoms with Crippen molar-refractivity contribution in [3.8, 4) is 0 Å². The summed E-state index contributed by atoms with van der Waals surface area (Å²) in [5, 5.41) is 16.4. The van der Waals surface area contributed by atoms with Crippen LogP contribution < -0.4 is 5.32 Å². The van der Waals surface area contributed by atoms with E-state index in [1.54, 1.807) is 6.20 Å². The molecule has 2 rings (SSSR count). The predicted octanol–water partition coefficient (Wildman–Crippen LogP) is 1.97. The number of carbonyl (C=O) groups is 2. The lowest BCUT2D eigenvalue weighted by molar-refractivity contribution is -0.149. The maximum atomic E-state index is 12.4. The van der Waals surface area contributed by atoms with Crippen LogP contribution in [0.5, 0.6) is 0 Å². The topological polar surface area (TPSA) is 84.2 Å². The van der Waals surface area contributed by atoms with E-state index in [0.29, 0.717) is 12.8 Å². The van der Waals surface area contributed by atoms with Gasteiger partial charge in [-0.05, 0) is 32.8 Å². The number of aliphatic carboxylic acids is 1. The van der Waals surface area contributed by atoms with Gasteiger partial charge in [-0.3, -0.25) is 14.3 Å². The van der Waals surface area contributed by atoms with Crippen molar-refractivity contribution in [3.63, 3.8) is 0 Å². The van der Waals surface area contributed by atoms with Gasteiger partial charge in [-0.25, -0.2) is 0 Å². The molecule has 6 nitrogen and oxygen atoms in total. The first kappa shape index (κ1) is 15.5. The highest BCUT2D eigenvalue weighted by Crippen LogP contribution is 2.31. The molecular formula is C15H23N3O3. The Labute approximate surface area is 124 Å². The van der Waals surface area contributed by atoms with E-state index in [1.165, 1.54) is 0 Å². The number of nitrogens with one attached hydrogen (secondary N) is 1. The molecule has 1 saturated carbocycles. The largest absolute Gasteiger partial charge is 0.481 e. The van der Waals surface area contributed by atoms with E-state index in [9.17, 15) is 14.7 Å². The number of nitrogens with zero attached hydrogens (tertiary/aromatic N) is 2. The number of hydrogen-bond donors (Lipinski definition) is 2. The van der Waals surface area contributed by atoms with Crippen molar-refractivity contribution < 1.29 is 14.7 Å². The fraction of sp³-hybridized carbons (Fsp3) is 0.667. The molecular weight excluding hydrogens is 270 g/mol. The number of carbonyl (C=O) groups excluding carboxylic acids is 1. The Hall–Kier alpha value is -1.85. The normalized spacial score (nSPS) is 23.5. The van der Waals surface area contributed by atoms with Gasteiger partial charge in [0.05, 0.1) is 23.6 Å². The van der Waals surface area contributed by atoms with Gasteiger partial charge >= 0.3 is 5.97 Å². The summed E-state index contributed by atoms with van der Waals surface area (Å²) in [7, 11) is 0. The van der Waals surface area contributed by atoms with Crippen LogP contribution in [0.3, 0.4) is 0 Å². The van der Waals surface area contributed by atoms with E-state index in [4.69, 9.17) is 0 Å². The van der Waals surface area contributed by atoms with Crippen molar-refractivity contribution in [1.29, 1.82) is 0 Å². The summed E-state index contributed by atoms with van der Waals surface area (Å²) in [5.74, 6) is -1.99. The smallest absolute Gasteiger partial charge is 0.307 e. The quantitative estimate of drug-likeness (QED) is 0.869. The van der Waals surface area contributed by atoms with Gasteiger partial charge in [0.1, 0.15) is 0 Å². The van der Waals surface area contributed by atoms with Crippen molar-refractivity contribution in [1.82, 2.24) is 15.1 Å². The predicted molar refractivity (Wildman–Crippen MR) is 77.5 cm³/mol. The van der Waals surface area contributed by atoms with E-state index in [1.807, 2.05) is 24.6 Å². The number of amides is 1. The molecule has 2 N–H and O–H groups in total. The Kier molecular flexibility index (Phi) is 4.98. The molecule has 0 unspecified atom stereocenters. The number of rotatable bonds is 5. The standard InChI is InChI=1S/C15H23N3O3/c1-3-18-13(8-9-16-18)10(2)17-14(19)11-6-4-5-7-12(11)15(20)21/h8-12H,3-7H2,1-2H3,(H,17,19)(H,20,21)/t10-,11-,12+/m0/s1. The van der Waals surface area contributed by atoms with E-state index < -0.39 is 17.8 Å². The molecule has 1 aromatic rings. The van der Waals surface area contributed by atoms with E-state index >= 15 is 0 Å². The van der Waals surface area contributed by atoms with Crippen LogP contribution in [0, 0.1) is 11.8 Å². The Balaban J connectivity index is 2.04. The van der Waals surface area contributed by atoms with Crippen molar-refractivity contribution in [2.45, 2.75) is 52.1 Å². The maximum Gasteiger partial charge on any atom is 0.307 e. The second-order valence-electron chi connectivity index (χ2n) is 5.64. The zero-order chi connectivity index (χ0) is 15.4. The van der Waals surface area contributed by atoms with Crippen LogP contribution in [0.25, 0.3) is 0 Å². The molecule has 1 aliphatic carbocycles. The molecule has 0 radical (unpaired) electrons. The minimum Gasteiger partial charge on any atom is -0.481 e. The lowest BCUT2D eigenvalue weighted by Gasteiger charge is -2.28. The molecule has 1 aliphatic rings. The van der Waals surface area contributed by atoms with Crippen molar-refractivity contribution in [3.05, 3.63) is 18.0 Å². The van der Waals surface area contributed by atoms with Crippen LogP contribution in [0.2, 0.25) is 0 Å². The molecule has 0 saturated heterocycles. The summed E-state index contributed by atoms with van der Waals surface area (Å²) in [6.45, 7) is 4.63. The van der Waals surface area contributed by atoms with Gasteiger partial charge in [0, 0.05) is 12.7 Å².